The fourth-order valence-electron chi connectivity index (χ4n) is 2.02. The molecule has 0 spiro atoms. The Balaban J connectivity index is 0.00000338. The molecule has 0 unspecified atom stereocenters. The average Bonchev–Trinajstić information content (AvgIpc) is 2.60. The minimum atomic E-state index is -0.444. The molecule has 0 radical (unpaired) electrons. The Labute approximate surface area is 164 Å². The van der Waals surface area contributed by atoms with E-state index < -0.39 is 5.97 Å². The quantitative estimate of drug-likeness (QED) is 0.378. The summed E-state index contributed by atoms with van der Waals surface area (Å²) in [6, 6.07) is 12.4. The van der Waals surface area contributed by atoms with E-state index in [1.54, 1.807) is 25.1 Å². The highest BCUT2D eigenvalue weighted by atomic mass is 35.5. The summed E-state index contributed by atoms with van der Waals surface area (Å²) in [6.07, 6.45) is 0. The molecule has 0 aromatic heterocycles. The van der Waals surface area contributed by atoms with Gasteiger partial charge in [0, 0.05) is 29.0 Å². The first kappa shape index (κ1) is 21.7. The van der Waals surface area contributed by atoms with Crippen molar-refractivity contribution in [2.45, 2.75) is 6.92 Å². The van der Waals surface area contributed by atoms with Gasteiger partial charge in [-0.25, -0.2) is 4.79 Å². The van der Waals surface area contributed by atoms with Crippen molar-refractivity contribution in [1.82, 2.24) is 0 Å². The number of carbonyl (C=O) groups excluding carboxylic acids is 1. The first-order valence-corrected chi connectivity index (χ1v) is 8.26. The normalized spacial score (nSPS) is 9.77. The molecule has 142 valence electrons. The molecule has 0 aliphatic carbocycles. The van der Waals surface area contributed by atoms with Gasteiger partial charge >= 0.3 is 5.97 Å². The second-order valence-corrected chi connectivity index (χ2v) is 5.52. The SMILES string of the molecule is CCOC(=O)COc1cc(N)ccc1OCCNc1ccc(Cl)cc1.Cl. The van der Waals surface area contributed by atoms with Crippen LogP contribution >= 0.6 is 24.0 Å². The van der Waals surface area contributed by atoms with Gasteiger partial charge in [0.1, 0.15) is 6.61 Å². The summed E-state index contributed by atoms with van der Waals surface area (Å²) >= 11 is 5.85. The molecule has 2 aromatic carbocycles. The van der Waals surface area contributed by atoms with Gasteiger partial charge in [-0.05, 0) is 43.3 Å². The number of halogens is 2. The molecule has 2 aromatic rings. The van der Waals surface area contributed by atoms with Crippen LogP contribution in [0.25, 0.3) is 0 Å². The minimum absolute atomic E-state index is 0. The molecule has 6 nitrogen and oxygen atoms in total. The van der Waals surface area contributed by atoms with Crippen LogP contribution in [0.4, 0.5) is 11.4 Å². The molecule has 0 amide bonds. The maximum absolute atomic E-state index is 11.4. The standard InChI is InChI=1S/C18H21ClN2O4.ClH/c1-2-23-18(22)12-25-17-11-14(20)5-8-16(17)24-10-9-21-15-6-3-13(19)4-7-15;/h3-8,11,21H,2,9-10,12,20H2,1H3;1H. The highest BCUT2D eigenvalue weighted by Crippen LogP contribution is 2.29. The highest BCUT2D eigenvalue weighted by Gasteiger charge is 2.09. The number of esters is 1. The fraction of sp³-hybridized carbons (Fsp3) is 0.278. The Morgan fingerprint density at radius 1 is 1.12 bits per heavy atom. The summed E-state index contributed by atoms with van der Waals surface area (Å²) in [5.74, 6) is 0.469. The van der Waals surface area contributed by atoms with Crippen LogP contribution in [0.15, 0.2) is 42.5 Å². The van der Waals surface area contributed by atoms with Gasteiger partial charge in [-0.3, -0.25) is 0 Å². The molecular weight excluding hydrogens is 379 g/mol. The number of nitrogen functional groups attached to an aromatic ring is 1. The van der Waals surface area contributed by atoms with Gasteiger partial charge in [0.05, 0.1) is 6.61 Å². The van der Waals surface area contributed by atoms with E-state index in [9.17, 15) is 4.79 Å². The Kier molecular flexibility index (Phi) is 9.47. The van der Waals surface area contributed by atoms with Crippen LogP contribution in [-0.2, 0) is 9.53 Å². The van der Waals surface area contributed by atoms with E-state index in [-0.39, 0.29) is 19.0 Å². The van der Waals surface area contributed by atoms with Crippen molar-refractivity contribution in [2.24, 2.45) is 0 Å². The van der Waals surface area contributed by atoms with E-state index in [1.807, 2.05) is 24.3 Å². The zero-order valence-corrected chi connectivity index (χ0v) is 15.9. The molecule has 0 saturated heterocycles. The molecule has 0 aliphatic rings. The molecule has 0 bridgehead atoms. The van der Waals surface area contributed by atoms with Crippen molar-refractivity contribution < 1.29 is 19.0 Å². The van der Waals surface area contributed by atoms with E-state index in [0.717, 1.165) is 5.69 Å². The van der Waals surface area contributed by atoms with Crippen molar-refractivity contribution >= 4 is 41.4 Å². The summed E-state index contributed by atoms with van der Waals surface area (Å²) in [4.78, 5) is 11.4. The summed E-state index contributed by atoms with van der Waals surface area (Å²) < 4.78 is 16.0. The smallest absolute Gasteiger partial charge is 0.344 e. The Morgan fingerprint density at radius 2 is 1.85 bits per heavy atom. The number of hydrogen-bond acceptors (Lipinski definition) is 6. The molecule has 2 rings (SSSR count). The molecule has 0 atom stereocenters. The number of hydrogen-bond donors (Lipinski definition) is 2. The first-order chi connectivity index (χ1) is 12.1. The van der Waals surface area contributed by atoms with E-state index >= 15 is 0 Å². The predicted molar refractivity (Wildman–Crippen MR) is 106 cm³/mol. The Hall–Kier alpha value is -2.31. The number of ether oxygens (including phenoxy) is 3. The van der Waals surface area contributed by atoms with E-state index in [0.29, 0.717) is 42.0 Å². The summed E-state index contributed by atoms with van der Waals surface area (Å²) in [5.41, 5.74) is 7.23. The highest BCUT2D eigenvalue weighted by molar-refractivity contribution is 6.30. The van der Waals surface area contributed by atoms with Crippen LogP contribution < -0.4 is 20.5 Å². The lowest BCUT2D eigenvalue weighted by atomic mass is 10.3. The first-order valence-electron chi connectivity index (χ1n) is 7.88. The number of anilines is 2. The monoisotopic (exact) mass is 400 g/mol. The van der Waals surface area contributed by atoms with Gasteiger partial charge in [-0.2, -0.15) is 0 Å². The number of nitrogens with one attached hydrogen (secondary N) is 1. The third-order valence-corrected chi connectivity index (χ3v) is 3.40. The molecule has 8 heteroatoms. The Bertz CT molecular complexity index is 696. The van der Waals surface area contributed by atoms with Crippen LogP contribution in [0, 0.1) is 0 Å². The van der Waals surface area contributed by atoms with E-state index in [4.69, 9.17) is 31.5 Å². The lowest BCUT2D eigenvalue weighted by molar-refractivity contribution is -0.145. The van der Waals surface area contributed by atoms with Gasteiger partial charge in [-0.15, -0.1) is 12.4 Å². The van der Waals surface area contributed by atoms with Crippen molar-refractivity contribution in [1.29, 1.82) is 0 Å². The molecule has 26 heavy (non-hydrogen) atoms. The number of benzene rings is 2. The van der Waals surface area contributed by atoms with Crippen LogP contribution in [0.1, 0.15) is 6.92 Å². The summed E-state index contributed by atoms with van der Waals surface area (Å²) in [5, 5.41) is 3.90. The second kappa shape index (κ2) is 11.3. The van der Waals surface area contributed by atoms with Crippen molar-refractivity contribution in [3.05, 3.63) is 47.5 Å². The van der Waals surface area contributed by atoms with Crippen LogP contribution in [-0.4, -0.2) is 32.3 Å². The topological polar surface area (TPSA) is 82.8 Å². The van der Waals surface area contributed by atoms with Gasteiger partial charge in [0.2, 0.25) is 0 Å². The zero-order chi connectivity index (χ0) is 18.1. The minimum Gasteiger partial charge on any atom is -0.488 e. The fourth-order valence-corrected chi connectivity index (χ4v) is 2.15. The second-order valence-electron chi connectivity index (χ2n) is 5.08. The van der Waals surface area contributed by atoms with Gasteiger partial charge in [0.15, 0.2) is 18.1 Å². The van der Waals surface area contributed by atoms with Crippen molar-refractivity contribution in [2.75, 3.05) is 37.4 Å². The Morgan fingerprint density at radius 3 is 2.54 bits per heavy atom. The maximum Gasteiger partial charge on any atom is 0.344 e. The zero-order valence-electron chi connectivity index (χ0n) is 14.4. The third kappa shape index (κ3) is 7.29. The largest absolute Gasteiger partial charge is 0.488 e. The van der Waals surface area contributed by atoms with Crippen LogP contribution in [0.2, 0.25) is 5.02 Å². The van der Waals surface area contributed by atoms with Crippen molar-refractivity contribution in [3.63, 3.8) is 0 Å². The maximum atomic E-state index is 11.4. The number of rotatable bonds is 9. The lowest BCUT2D eigenvalue weighted by Gasteiger charge is -2.13. The number of carbonyl (C=O) groups is 1. The molecule has 3 N–H and O–H groups in total. The molecule has 0 saturated carbocycles. The van der Waals surface area contributed by atoms with Gasteiger partial charge in [-0.1, -0.05) is 11.6 Å². The van der Waals surface area contributed by atoms with Crippen molar-refractivity contribution in [3.8, 4) is 11.5 Å². The lowest BCUT2D eigenvalue weighted by Crippen LogP contribution is -2.16. The van der Waals surface area contributed by atoms with Gasteiger partial charge in [0.25, 0.3) is 0 Å². The molecule has 0 fully saturated rings. The van der Waals surface area contributed by atoms with E-state index in [1.165, 1.54) is 0 Å². The van der Waals surface area contributed by atoms with Crippen LogP contribution in [0.3, 0.4) is 0 Å². The molecular formula is C18H22Cl2N2O4. The summed E-state index contributed by atoms with van der Waals surface area (Å²) in [6.45, 7) is 2.84. The van der Waals surface area contributed by atoms with Gasteiger partial charge < -0.3 is 25.3 Å². The third-order valence-electron chi connectivity index (χ3n) is 3.15. The molecule has 0 heterocycles. The predicted octanol–water partition coefficient (Wildman–Crippen LogP) is 3.78. The van der Waals surface area contributed by atoms with Crippen LogP contribution in [0.5, 0.6) is 11.5 Å². The van der Waals surface area contributed by atoms with E-state index in [2.05, 4.69) is 5.32 Å². The average molecular weight is 401 g/mol. The summed E-state index contributed by atoms with van der Waals surface area (Å²) in [7, 11) is 0. The number of nitrogens with two attached hydrogens (primary N) is 1. The molecule has 0 aliphatic heterocycles.